The second kappa shape index (κ2) is 5.58. The van der Waals surface area contributed by atoms with Crippen LogP contribution < -0.4 is 5.32 Å². The fourth-order valence-electron chi connectivity index (χ4n) is 1.71. The smallest absolute Gasteiger partial charge is 0.146 e. The Labute approximate surface area is 101 Å². The van der Waals surface area contributed by atoms with Crippen molar-refractivity contribution in [2.24, 2.45) is 7.05 Å². The third-order valence-electron chi connectivity index (χ3n) is 2.66. The molecule has 6 heteroatoms. The first-order valence-corrected chi connectivity index (χ1v) is 5.84. The fraction of sp³-hybridized carbons (Fsp3) is 0.545. The highest BCUT2D eigenvalue weighted by atomic mass is 15.3. The molecule has 0 radical (unpaired) electrons. The Morgan fingerprint density at radius 1 is 1.29 bits per heavy atom. The van der Waals surface area contributed by atoms with Crippen LogP contribution in [0.1, 0.15) is 24.9 Å². The lowest BCUT2D eigenvalue weighted by molar-refractivity contribution is 0.583. The molecule has 0 aromatic carbocycles. The summed E-state index contributed by atoms with van der Waals surface area (Å²) in [5.41, 5.74) is 1.20. The van der Waals surface area contributed by atoms with Gasteiger partial charge in [-0.15, -0.1) is 10.2 Å². The Morgan fingerprint density at radius 2 is 2.18 bits per heavy atom. The first kappa shape index (κ1) is 11.8. The van der Waals surface area contributed by atoms with E-state index in [9.17, 15) is 0 Å². The molecule has 1 N–H and O–H groups in total. The van der Waals surface area contributed by atoms with Gasteiger partial charge < -0.3 is 14.5 Å². The molecule has 0 aliphatic rings. The third-order valence-corrected chi connectivity index (χ3v) is 2.66. The standard InChI is InChI=1S/C11H18N6/c1-3-4-17-8-13-6-10(17)5-12-7-11-15-14-9-16(11)2/h6,8-9,12H,3-5,7H2,1-2H3. The summed E-state index contributed by atoms with van der Waals surface area (Å²) < 4.78 is 4.08. The summed E-state index contributed by atoms with van der Waals surface area (Å²) in [7, 11) is 1.94. The molecule has 0 spiro atoms. The highest BCUT2D eigenvalue weighted by Crippen LogP contribution is 2.01. The van der Waals surface area contributed by atoms with Crippen molar-refractivity contribution < 1.29 is 0 Å². The van der Waals surface area contributed by atoms with E-state index in [1.165, 1.54) is 5.69 Å². The van der Waals surface area contributed by atoms with Gasteiger partial charge in [-0.05, 0) is 6.42 Å². The lowest BCUT2D eigenvalue weighted by atomic mass is 10.4. The van der Waals surface area contributed by atoms with Gasteiger partial charge in [-0.25, -0.2) is 4.98 Å². The zero-order valence-corrected chi connectivity index (χ0v) is 10.3. The number of nitrogens with one attached hydrogen (secondary N) is 1. The predicted molar refractivity (Wildman–Crippen MR) is 64.1 cm³/mol. The van der Waals surface area contributed by atoms with Crippen molar-refractivity contribution in [1.82, 2.24) is 29.6 Å². The maximum absolute atomic E-state index is 4.16. The molecular weight excluding hydrogens is 216 g/mol. The molecule has 2 aromatic heterocycles. The van der Waals surface area contributed by atoms with Crippen LogP contribution in [-0.2, 0) is 26.7 Å². The minimum Gasteiger partial charge on any atom is -0.333 e. The van der Waals surface area contributed by atoms with Crippen molar-refractivity contribution >= 4 is 0 Å². The van der Waals surface area contributed by atoms with Gasteiger partial charge in [0.05, 0.1) is 18.6 Å². The maximum atomic E-state index is 4.16. The molecule has 0 unspecified atom stereocenters. The van der Waals surface area contributed by atoms with E-state index in [0.717, 1.165) is 25.3 Å². The van der Waals surface area contributed by atoms with E-state index in [4.69, 9.17) is 0 Å². The van der Waals surface area contributed by atoms with Gasteiger partial charge in [-0.3, -0.25) is 0 Å². The van der Waals surface area contributed by atoms with Gasteiger partial charge in [0.25, 0.3) is 0 Å². The third kappa shape index (κ3) is 2.91. The Bertz CT molecular complexity index is 458. The van der Waals surface area contributed by atoms with E-state index < -0.39 is 0 Å². The number of hydrogen-bond acceptors (Lipinski definition) is 4. The predicted octanol–water partition coefficient (Wildman–Crippen LogP) is 0.711. The van der Waals surface area contributed by atoms with Crippen LogP contribution in [0.2, 0.25) is 0 Å². The molecular formula is C11H18N6. The van der Waals surface area contributed by atoms with Crippen LogP contribution >= 0.6 is 0 Å². The Kier molecular flexibility index (Phi) is 3.87. The second-order valence-electron chi connectivity index (χ2n) is 4.04. The molecule has 92 valence electrons. The average molecular weight is 234 g/mol. The van der Waals surface area contributed by atoms with Crippen molar-refractivity contribution in [3.8, 4) is 0 Å². The van der Waals surface area contributed by atoms with Gasteiger partial charge in [0.15, 0.2) is 0 Å². The van der Waals surface area contributed by atoms with E-state index in [-0.39, 0.29) is 0 Å². The van der Waals surface area contributed by atoms with Crippen molar-refractivity contribution in [2.45, 2.75) is 33.0 Å². The number of hydrogen-bond donors (Lipinski definition) is 1. The SMILES string of the molecule is CCCn1cncc1CNCc1nncn1C. The molecule has 0 aliphatic heterocycles. The molecule has 2 heterocycles. The van der Waals surface area contributed by atoms with E-state index in [1.54, 1.807) is 6.33 Å². The molecule has 0 bridgehead atoms. The summed E-state index contributed by atoms with van der Waals surface area (Å²) in [4.78, 5) is 4.16. The number of aromatic nitrogens is 5. The van der Waals surface area contributed by atoms with Crippen LogP contribution in [0.5, 0.6) is 0 Å². The van der Waals surface area contributed by atoms with Crippen LogP contribution in [-0.4, -0.2) is 24.3 Å². The number of rotatable bonds is 6. The summed E-state index contributed by atoms with van der Waals surface area (Å²) in [6.45, 7) is 4.69. The molecule has 0 fully saturated rings. The largest absolute Gasteiger partial charge is 0.333 e. The fourth-order valence-corrected chi connectivity index (χ4v) is 1.71. The van der Waals surface area contributed by atoms with E-state index in [2.05, 4.69) is 32.0 Å². The monoisotopic (exact) mass is 234 g/mol. The van der Waals surface area contributed by atoms with Crippen molar-refractivity contribution in [3.05, 3.63) is 30.4 Å². The molecule has 0 aliphatic carbocycles. The molecule has 6 nitrogen and oxygen atoms in total. The lowest BCUT2D eigenvalue weighted by Crippen LogP contribution is -2.18. The number of nitrogens with zero attached hydrogens (tertiary/aromatic N) is 5. The van der Waals surface area contributed by atoms with E-state index in [1.807, 2.05) is 24.1 Å². The number of aryl methyl sites for hydroxylation is 2. The van der Waals surface area contributed by atoms with Crippen LogP contribution in [0.4, 0.5) is 0 Å². The molecule has 0 atom stereocenters. The van der Waals surface area contributed by atoms with Crippen LogP contribution in [0.25, 0.3) is 0 Å². The first-order chi connectivity index (χ1) is 8.31. The van der Waals surface area contributed by atoms with Gasteiger partial charge >= 0.3 is 0 Å². The van der Waals surface area contributed by atoms with E-state index >= 15 is 0 Å². The summed E-state index contributed by atoms with van der Waals surface area (Å²) in [6.07, 6.45) is 6.60. The normalized spacial score (nSPS) is 10.9. The van der Waals surface area contributed by atoms with Gasteiger partial charge in [-0.1, -0.05) is 6.92 Å². The van der Waals surface area contributed by atoms with Gasteiger partial charge in [-0.2, -0.15) is 0 Å². The molecule has 0 saturated carbocycles. The minimum atomic E-state index is 0.716. The molecule has 0 amide bonds. The van der Waals surface area contributed by atoms with Crippen molar-refractivity contribution in [3.63, 3.8) is 0 Å². The molecule has 17 heavy (non-hydrogen) atoms. The Balaban J connectivity index is 1.86. The maximum Gasteiger partial charge on any atom is 0.146 e. The number of imidazole rings is 1. The zero-order chi connectivity index (χ0) is 12.1. The van der Waals surface area contributed by atoms with Crippen LogP contribution in [0.15, 0.2) is 18.9 Å². The summed E-state index contributed by atoms with van der Waals surface area (Å²) in [5, 5.41) is 11.2. The Morgan fingerprint density at radius 3 is 2.88 bits per heavy atom. The highest BCUT2D eigenvalue weighted by molar-refractivity contribution is 4.98. The second-order valence-corrected chi connectivity index (χ2v) is 4.04. The average Bonchev–Trinajstić information content (AvgIpc) is 2.90. The van der Waals surface area contributed by atoms with Crippen molar-refractivity contribution in [2.75, 3.05) is 0 Å². The molecule has 2 aromatic rings. The molecule has 0 saturated heterocycles. The topological polar surface area (TPSA) is 60.6 Å². The van der Waals surface area contributed by atoms with E-state index in [0.29, 0.717) is 6.54 Å². The van der Waals surface area contributed by atoms with Gasteiger partial charge in [0, 0.05) is 26.3 Å². The van der Waals surface area contributed by atoms with Crippen LogP contribution in [0.3, 0.4) is 0 Å². The Hall–Kier alpha value is -1.69. The van der Waals surface area contributed by atoms with Gasteiger partial charge in [0.1, 0.15) is 12.2 Å². The quantitative estimate of drug-likeness (QED) is 0.799. The summed E-state index contributed by atoms with van der Waals surface area (Å²) in [6, 6.07) is 0. The summed E-state index contributed by atoms with van der Waals surface area (Å²) >= 11 is 0. The van der Waals surface area contributed by atoms with Crippen LogP contribution in [0, 0.1) is 0 Å². The minimum absolute atomic E-state index is 0.716. The molecule has 2 rings (SSSR count). The first-order valence-electron chi connectivity index (χ1n) is 5.84. The summed E-state index contributed by atoms with van der Waals surface area (Å²) in [5.74, 6) is 0.937. The van der Waals surface area contributed by atoms with Gasteiger partial charge in [0.2, 0.25) is 0 Å². The van der Waals surface area contributed by atoms with Crippen molar-refractivity contribution in [1.29, 1.82) is 0 Å². The zero-order valence-electron chi connectivity index (χ0n) is 10.3. The highest BCUT2D eigenvalue weighted by Gasteiger charge is 2.03. The lowest BCUT2D eigenvalue weighted by Gasteiger charge is -2.07.